The average Bonchev–Trinajstić information content (AvgIpc) is 3.13. The molecule has 1 heterocycles. The summed E-state index contributed by atoms with van der Waals surface area (Å²) in [6.07, 6.45) is 6.30. The van der Waals surface area contributed by atoms with Gasteiger partial charge in [0.05, 0.1) is 25.1 Å². The Kier molecular flexibility index (Phi) is 6.10. The van der Waals surface area contributed by atoms with Crippen LogP contribution < -0.4 is 5.43 Å². The van der Waals surface area contributed by atoms with Crippen LogP contribution in [0.1, 0.15) is 18.4 Å². The van der Waals surface area contributed by atoms with Crippen molar-refractivity contribution in [2.75, 3.05) is 31.7 Å². The lowest BCUT2D eigenvalue weighted by molar-refractivity contribution is 0.0548. The monoisotopic (exact) mass is 393 g/mol. The first-order valence-corrected chi connectivity index (χ1v) is 10.0. The second-order valence-electron chi connectivity index (χ2n) is 6.93. The Labute approximate surface area is 171 Å². The van der Waals surface area contributed by atoms with E-state index in [1.54, 1.807) is 0 Å². The van der Waals surface area contributed by atoms with Gasteiger partial charge in [-0.25, -0.2) is 0 Å². The summed E-state index contributed by atoms with van der Waals surface area (Å²) in [5.74, 6) is 0. The van der Waals surface area contributed by atoms with Crippen LogP contribution in [-0.4, -0.2) is 37.4 Å². The normalized spacial score (nSPS) is 19.0. The van der Waals surface area contributed by atoms with E-state index >= 15 is 0 Å². The molecule has 0 bridgehead atoms. The number of halogens is 1. The maximum atomic E-state index is 5.94. The molecule has 1 N–H and O–H groups in total. The first-order chi connectivity index (χ1) is 13.8. The van der Waals surface area contributed by atoms with Gasteiger partial charge in [0.1, 0.15) is 0 Å². The number of nitrogens with zero attached hydrogens (tertiary/aromatic N) is 2. The fourth-order valence-electron chi connectivity index (χ4n) is 3.63. The molecule has 0 amide bonds. The van der Waals surface area contributed by atoms with Crippen LogP contribution in [0.2, 0.25) is 5.02 Å². The highest BCUT2D eigenvalue weighted by atomic mass is 35.5. The molecule has 1 saturated heterocycles. The molecule has 0 aromatic heterocycles. The zero-order chi connectivity index (χ0) is 19.2. The van der Waals surface area contributed by atoms with E-state index in [1.807, 2.05) is 30.5 Å². The van der Waals surface area contributed by atoms with Gasteiger partial charge in [-0.3, -0.25) is 5.43 Å². The summed E-state index contributed by atoms with van der Waals surface area (Å²) in [4.78, 5) is 2.44. The summed E-state index contributed by atoms with van der Waals surface area (Å²) in [6, 6.07) is 18.1. The van der Waals surface area contributed by atoms with Gasteiger partial charge in [0.25, 0.3) is 0 Å². The molecule has 0 radical (unpaired) electrons. The Hall–Kier alpha value is -2.56. The van der Waals surface area contributed by atoms with Crippen molar-refractivity contribution in [3.63, 3.8) is 0 Å². The van der Waals surface area contributed by atoms with Gasteiger partial charge >= 0.3 is 0 Å². The van der Waals surface area contributed by atoms with Crippen molar-refractivity contribution in [1.29, 1.82) is 0 Å². The van der Waals surface area contributed by atoms with Crippen molar-refractivity contribution in [3.05, 3.63) is 82.0 Å². The van der Waals surface area contributed by atoms with E-state index in [2.05, 4.69) is 51.8 Å². The summed E-state index contributed by atoms with van der Waals surface area (Å²) >= 11 is 5.94. The van der Waals surface area contributed by atoms with Crippen molar-refractivity contribution in [1.82, 2.24) is 4.90 Å². The summed E-state index contributed by atoms with van der Waals surface area (Å²) in [7, 11) is 0. The first-order valence-electron chi connectivity index (χ1n) is 9.66. The second kappa shape index (κ2) is 9.09. The van der Waals surface area contributed by atoms with Crippen LogP contribution >= 0.6 is 11.6 Å². The van der Waals surface area contributed by atoms with Crippen molar-refractivity contribution >= 4 is 29.6 Å². The third kappa shape index (κ3) is 4.64. The number of hydrazone groups is 1. The number of benzene rings is 2. The van der Waals surface area contributed by atoms with Crippen molar-refractivity contribution in [3.8, 4) is 0 Å². The van der Waals surface area contributed by atoms with Crippen LogP contribution in [0.15, 0.2) is 76.5 Å². The Bertz CT molecular complexity index is 882. The van der Waals surface area contributed by atoms with Crippen LogP contribution in [0.3, 0.4) is 0 Å². The van der Waals surface area contributed by atoms with Gasteiger partial charge < -0.3 is 9.64 Å². The lowest BCUT2D eigenvalue weighted by Gasteiger charge is -2.31. The molecule has 0 saturated carbocycles. The number of hydrogen-bond donors (Lipinski definition) is 1. The molecule has 1 fully saturated rings. The minimum Gasteiger partial charge on any atom is -0.378 e. The number of morpholine rings is 1. The van der Waals surface area contributed by atoms with E-state index in [1.165, 1.54) is 22.4 Å². The molecule has 2 aliphatic rings. The van der Waals surface area contributed by atoms with Crippen molar-refractivity contribution in [2.24, 2.45) is 5.10 Å². The highest BCUT2D eigenvalue weighted by Crippen LogP contribution is 2.35. The number of rotatable bonds is 5. The average molecular weight is 394 g/mol. The smallest absolute Gasteiger partial charge is 0.0642 e. The molecule has 2 aromatic rings. The van der Waals surface area contributed by atoms with Crippen LogP contribution in [0.4, 0.5) is 5.69 Å². The molecule has 28 heavy (non-hydrogen) atoms. The quantitative estimate of drug-likeness (QED) is 0.560. The van der Waals surface area contributed by atoms with Gasteiger partial charge in [-0.1, -0.05) is 41.9 Å². The van der Waals surface area contributed by atoms with Gasteiger partial charge in [-0.2, -0.15) is 5.10 Å². The largest absolute Gasteiger partial charge is 0.378 e. The molecule has 1 aliphatic carbocycles. The van der Waals surface area contributed by atoms with Gasteiger partial charge in [-0.05, 0) is 59.9 Å². The molecule has 1 aliphatic heterocycles. The fraction of sp³-hybridized carbons (Fsp3) is 0.261. The molecule has 4 nitrogen and oxygen atoms in total. The molecule has 4 rings (SSSR count). The maximum Gasteiger partial charge on any atom is 0.0642 e. The van der Waals surface area contributed by atoms with Gasteiger partial charge in [0.15, 0.2) is 0 Å². The molecule has 0 unspecified atom stereocenters. The zero-order valence-corrected chi connectivity index (χ0v) is 16.5. The topological polar surface area (TPSA) is 36.9 Å². The number of hydrogen-bond acceptors (Lipinski definition) is 4. The SMILES string of the molecule is Clc1ccc(N/N=C\C2=C(N3CCOCC3)C(=Cc3ccccc3)CC2)cc1. The van der Waals surface area contributed by atoms with E-state index in [4.69, 9.17) is 16.3 Å². The lowest BCUT2D eigenvalue weighted by atomic mass is 10.1. The zero-order valence-electron chi connectivity index (χ0n) is 15.8. The van der Waals surface area contributed by atoms with Crippen molar-refractivity contribution < 1.29 is 4.74 Å². The van der Waals surface area contributed by atoms with E-state index < -0.39 is 0 Å². The van der Waals surface area contributed by atoms with Crippen LogP contribution in [0, 0.1) is 0 Å². The van der Waals surface area contributed by atoms with Crippen LogP contribution in [-0.2, 0) is 4.74 Å². The van der Waals surface area contributed by atoms with Crippen LogP contribution in [0.5, 0.6) is 0 Å². The summed E-state index contributed by atoms with van der Waals surface area (Å²) < 4.78 is 5.56. The molecule has 5 heteroatoms. The number of nitrogens with one attached hydrogen (secondary N) is 1. The van der Waals surface area contributed by atoms with E-state index in [0.717, 1.165) is 49.9 Å². The molecular weight excluding hydrogens is 370 g/mol. The second-order valence-corrected chi connectivity index (χ2v) is 7.37. The molecule has 2 aromatic carbocycles. The van der Waals surface area contributed by atoms with Gasteiger partial charge in [0.2, 0.25) is 0 Å². The molecule has 0 atom stereocenters. The molecule has 0 spiro atoms. The highest BCUT2D eigenvalue weighted by molar-refractivity contribution is 6.30. The predicted octanol–water partition coefficient (Wildman–Crippen LogP) is 5.20. The Morgan fingerprint density at radius 2 is 1.71 bits per heavy atom. The first kappa shape index (κ1) is 18.8. The minimum atomic E-state index is 0.721. The van der Waals surface area contributed by atoms with E-state index in [-0.39, 0.29) is 0 Å². The van der Waals surface area contributed by atoms with E-state index in [9.17, 15) is 0 Å². The predicted molar refractivity (Wildman–Crippen MR) is 117 cm³/mol. The molecular formula is C23H24ClN3O. The number of anilines is 1. The maximum absolute atomic E-state index is 5.94. The highest BCUT2D eigenvalue weighted by Gasteiger charge is 2.25. The Morgan fingerprint density at radius 1 is 0.964 bits per heavy atom. The summed E-state index contributed by atoms with van der Waals surface area (Å²) in [5.41, 5.74) is 9.22. The van der Waals surface area contributed by atoms with Crippen LogP contribution in [0.25, 0.3) is 6.08 Å². The summed E-state index contributed by atoms with van der Waals surface area (Å²) in [5, 5.41) is 5.20. The Morgan fingerprint density at radius 3 is 2.46 bits per heavy atom. The minimum absolute atomic E-state index is 0.721. The van der Waals surface area contributed by atoms with Gasteiger partial charge in [0, 0.05) is 23.8 Å². The third-order valence-electron chi connectivity index (χ3n) is 5.00. The van der Waals surface area contributed by atoms with Gasteiger partial charge in [-0.15, -0.1) is 0 Å². The van der Waals surface area contributed by atoms with Crippen molar-refractivity contribution in [2.45, 2.75) is 12.8 Å². The summed E-state index contributed by atoms with van der Waals surface area (Å²) in [6.45, 7) is 3.39. The van der Waals surface area contributed by atoms with E-state index in [0.29, 0.717) is 0 Å². The number of allylic oxidation sites excluding steroid dienone is 2. The lowest BCUT2D eigenvalue weighted by Crippen LogP contribution is -2.36. The third-order valence-corrected chi connectivity index (χ3v) is 5.25. The standard InChI is InChI=1S/C23H24ClN3O/c24-21-8-10-22(11-9-21)26-25-17-20-7-6-19(16-18-4-2-1-3-5-18)23(20)27-12-14-28-15-13-27/h1-5,8-11,16-17,26H,6-7,12-15H2/b19-16?,25-17-. The molecule has 144 valence electrons. The number of ether oxygens (including phenoxy) is 1. The fourth-order valence-corrected chi connectivity index (χ4v) is 3.76. The Balaban J connectivity index is 1.58.